The zero-order valence-corrected chi connectivity index (χ0v) is 12.4. The van der Waals surface area contributed by atoms with E-state index in [2.05, 4.69) is 32.0 Å². The second-order valence-electron chi connectivity index (χ2n) is 6.24. The summed E-state index contributed by atoms with van der Waals surface area (Å²) in [5.74, 6) is 1.98. The Morgan fingerprint density at radius 2 is 2.11 bits per heavy atom. The molecule has 0 N–H and O–H groups in total. The van der Waals surface area contributed by atoms with E-state index in [1.807, 2.05) is 0 Å². The molecule has 2 aliphatic rings. The molecular weight excluding hydrogens is 232 g/mol. The normalized spacial score (nSPS) is 29.5. The highest BCUT2D eigenvalue weighted by Crippen LogP contribution is 2.52. The zero-order chi connectivity index (χ0) is 13.3. The number of hydrogen-bond acceptors (Lipinski definition) is 1. The highest BCUT2D eigenvalue weighted by atomic mass is 16.5. The summed E-state index contributed by atoms with van der Waals surface area (Å²) in [5, 5.41) is 0. The third-order valence-electron chi connectivity index (χ3n) is 5.53. The summed E-state index contributed by atoms with van der Waals surface area (Å²) in [4.78, 5) is 0. The molecule has 1 aromatic carbocycles. The van der Waals surface area contributed by atoms with E-state index in [1.54, 1.807) is 11.1 Å². The van der Waals surface area contributed by atoms with Crippen molar-refractivity contribution < 1.29 is 4.74 Å². The lowest BCUT2D eigenvalue weighted by Crippen LogP contribution is -2.41. The van der Waals surface area contributed by atoms with E-state index in [0.717, 1.165) is 18.3 Å². The Bertz CT molecular complexity index is 451. The van der Waals surface area contributed by atoms with Crippen molar-refractivity contribution >= 4 is 0 Å². The van der Waals surface area contributed by atoms with Crippen LogP contribution in [0.2, 0.25) is 0 Å². The molecule has 104 valence electrons. The molecule has 1 unspecified atom stereocenters. The van der Waals surface area contributed by atoms with Crippen LogP contribution in [-0.2, 0) is 11.8 Å². The molecule has 2 aliphatic carbocycles. The molecule has 0 saturated heterocycles. The van der Waals surface area contributed by atoms with Crippen LogP contribution < -0.4 is 4.74 Å². The summed E-state index contributed by atoms with van der Waals surface area (Å²) >= 11 is 0. The molecule has 1 fully saturated rings. The minimum atomic E-state index is 0.457. The molecule has 2 atom stereocenters. The largest absolute Gasteiger partial charge is 0.494 e. The van der Waals surface area contributed by atoms with Crippen molar-refractivity contribution in [1.29, 1.82) is 0 Å². The van der Waals surface area contributed by atoms with Gasteiger partial charge in [0.25, 0.3) is 0 Å². The quantitative estimate of drug-likeness (QED) is 0.751. The third-order valence-corrected chi connectivity index (χ3v) is 5.53. The van der Waals surface area contributed by atoms with Gasteiger partial charge in [-0.25, -0.2) is 0 Å². The Hall–Kier alpha value is -0.980. The number of aryl methyl sites for hydroxylation is 1. The van der Waals surface area contributed by atoms with Crippen molar-refractivity contribution in [2.24, 2.45) is 5.92 Å². The molecule has 0 radical (unpaired) electrons. The van der Waals surface area contributed by atoms with Crippen LogP contribution in [-0.4, -0.2) is 6.61 Å². The van der Waals surface area contributed by atoms with Crippen molar-refractivity contribution in [1.82, 2.24) is 0 Å². The number of hydrogen-bond donors (Lipinski definition) is 0. The smallest absolute Gasteiger partial charge is 0.119 e. The molecular formula is C18H26O. The number of rotatable bonds is 3. The Labute approximate surface area is 117 Å². The molecule has 0 heterocycles. The predicted octanol–water partition coefficient (Wildman–Crippen LogP) is 4.87. The second kappa shape index (κ2) is 5.19. The summed E-state index contributed by atoms with van der Waals surface area (Å²) in [5.41, 5.74) is 3.67. The van der Waals surface area contributed by atoms with Gasteiger partial charge in [0.15, 0.2) is 0 Å². The summed E-state index contributed by atoms with van der Waals surface area (Å²) in [6.45, 7) is 5.22. The molecule has 0 bridgehead atoms. The van der Waals surface area contributed by atoms with Gasteiger partial charge in [-0.05, 0) is 73.6 Å². The fraction of sp³-hybridized carbons (Fsp3) is 0.667. The van der Waals surface area contributed by atoms with Gasteiger partial charge in [0.2, 0.25) is 0 Å². The van der Waals surface area contributed by atoms with Gasteiger partial charge in [-0.1, -0.05) is 25.8 Å². The van der Waals surface area contributed by atoms with Gasteiger partial charge in [-0.2, -0.15) is 0 Å². The molecule has 0 aromatic heterocycles. The number of ether oxygens (including phenoxy) is 1. The molecule has 3 rings (SSSR count). The van der Waals surface area contributed by atoms with E-state index >= 15 is 0 Å². The molecule has 1 nitrogen and oxygen atoms in total. The second-order valence-corrected chi connectivity index (χ2v) is 6.24. The van der Waals surface area contributed by atoms with Gasteiger partial charge in [0, 0.05) is 0 Å². The van der Waals surface area contributed by atoms with Crippen molar-refractivity contribution in [2.75, 3.05) is 6.61 Å². The minimum absolute atomic E-state index is 0.457. The third kappa shape index (κ3) is 2.07. The predicted molar refractivity (Wildman–Crippen MR) is 79.9 cm³/mol. The monoisotopic (exact) mass is 258 g/mol. The first kappa shape index (κ1) is 13.0. The topological polar surface area (TPSA) is 9.23 Å². The van der Waals surface area contributed by atoms with Crippen LogP contribution in [0.5, 0.6) is 5.75 Å². The first-order valence-corrected chi connectivity index (χ1v) is 8.06. The zero-order valence-electron chi connectivity index (χ0n) is 12.4. The standard InChI is InChI=1S/C18H26O/c1-3-18-12-6-5-7-15(18)10-8-14-9-11-16(19-4-2)13-17(14)18/h9,11,13,15H,3-8,10,12H2,1-2H3/t15?,18-/m1/s1. The fourth-order valence-electron chi connectivity index (χ4n) is 4.57. The van der Waals surface area contributed by atoms with E-state index in [-0.39, 0.29) is 0 Å². The fourth-order valence-corrected chi connectivity index (χ4v) is 4.57. The summed E-state index contributed by atoms with van der Waals surface area (Å²) in [6, 6.07) is 6.84. The number of benzene rings is 1. The summed E-state index contributed by atoms with van der Waals surface area (Å²) in [6.07, 6.45) is 9.63. The van der Waals surface area contributed by atoms with Gasteiger partial charge in [0.05, 0.1) is 6.61 Å². The van der Waals surface area contributed by atoms with Crippen LogP contribution in [0.3, 0.4) is 0 Å². The maximum atomic E-state index is 5.74. The Morgan fingerprint density at radius 1 is 1.21 bits per heavy atom. The van der Waals surface area contributed by atoms with Gasteiger partial charge in [-0.3, -0.25) is 0 Å². The molecule has 0 spiro atoms. The Balaban J connectivity index is 2.05. The molecule has 1 aromatic rings. The van der Waals surface area contributed by atoms with E-state index < -0.39 is 0 Å². The lowest BCUT2D eigenvalue weighted by Gasteiger charge is -2.48. The van der Waals surface area contributed by atoms with E-state index in [1.165, 1.54) is 44.9 Å². The van der Waals surface area contributed by atoms with E-state index in [4.69, 9.17) is 4.74 Å². The SMILES string of the molecule is CCOc1ccc2c(c1)[C@]1(CC)CCCCC1CC2. The van der Waals surface area contributed by atoms with E-state index in [9.17, 15) is 0 Å². The molecule has 0 aliphatic heterocycles. The maximum absolute atomic E-state index is 5.74. The van der Waals surface area contributed by atoms with Gasteiger partial charge >= 0.3 is 0 Å². The molecule has 0 amide bonds. The average molecular weight is 258 g/mol. The van der Waals surface area contributed by atoms with Crippen molar-refractivity contribution in [3.05, 3.63) is 29.3 Å². The first-order chi connectivity index (χ1) is 9.30. The minimum Gasteiger partial charge on any atom is -0.494 e. The number of fused-ring (bicyclic) bond motifs is 3. The van der Waals surface area contributed by atoms with Crippen molar-refractivity contribution in [3.63, 3.8) is 0 Å². The summed E-state index contributed by atoms with van der Waals surface area (Å²) in [7, 11) is 0. The first-order valence-electron chi connectivity index (χ1n) is 8.06. The Morgan fingerprint density at radius 3 is 2.89 bits per heavy atom. The lowest BCUT2D eigenvalue weighted by atomic mass is 9.56. The van der Waals surface area contributed by atoms with Crippen molar-refractivity contribution in [2.45, 2.75) is 64.2 Å². The Kier molecular flexibility index (Phi) is 3.56. The van der Waals surface area contributed by atoms with E-state index in [0.29, 0.717) is 5.41 Å². The highest BCUT2D eigenvalue weighted by Gasteiger charge is 2.44. The molecule has 19 heavy (non-hydrogen) atoms. The van der Waals surface area contributed by atoms with Crippen LogP contribution in [0.15, 0.2) is 18.2 Å². The van der Waals surface area contributed by atoms with Crippen LogP contribution in [0.1, 0.15) is 63.5 Å². The van der Waals surface area contributed by atoms with Gasteiger partial charge in [-0.15, -0.1) is 0 Å². The van der Waals surface area contributed by atoms with Crippen LogP contribution in [0.25, 0.3) is 0 Å². The molecule has 1 heteroatoms. The van der Waals surface area contributed by atoms with Crippen LogP contribution in [0, 0.1) is 5.92 Å². The van der Waals surface area contributed by atoms with Crippen molar-refractivity contribution in [3.8, 4) is 5.75 Å². The van der Waals surface area contributed by atoms with Gasteiger partial charge in [0.1, 0.15) is 5.75 Å². The summed E-state index contributed by atoms with van der Waals surface area (Å²) < 4.78 is 5.74. The highest BCUT2D eigenvalue weighted by molar-refractivity contribution is 5.43. The maximum Gasteiger partial charge on any atom is 0.119 e. The lowest BCUT2D eigenvalue weighted by molar-refractivity contribution is 0.153. The van der Waals surface area contributed by atoms with Gasteiger partial charge < -0.3 is 4.74 Å². The van der Waals surface area contributed by atoms with Crippen LogP contribution >= 0.6 is 0 Å². The van der Waals surface area contributed by atoms with Crippen LogP contribution in [0.4, 0.5) is 0 Å². The molecule has 1 saturated carbocycles. The average Bonchev–Trinajstić information content (AvgIpc) is 2.47.